The molecule has 1 saturated heterocycles. The van der Waals surface area contributed by atoms with Gasteiger partial charge in [-0.25, -0.2) is 4.98 Å². The molecule has 0 aromatic carbocycles. The Morgan fingerprint density at radius 3 is 3.17 bits per heavy atom. The molecule has 3 heterocycles. The van der Waals surface area contributed by atoms with Crippen molar-refractivity contribution >= 4 is 44.7 Å². The van der Waals surface area contributed by atoms with E-state index in [1.807, 2.05) is 5.38 Å². The molecule has 2 N–H and O–H groups in total. The summed E-state index contributed by atoms with van der Waals surface area (Å²) in [6.07, 6.45) is 0. The first-order valence-electron chi connectivity index (χ1n) is 5.71. The fourth-order valence-corrected chi connectivity index (χ4v) is 3.20. The number of morpholine rings is 1. The summed E-state index contributed by atoms with van der Waals surface area (Å²) in [4.78, 5) is 10.8. The van der Waals surface area contributed by atoms with Gasteiger partial charge in [-0.05, 0) is 18.5 Å². The molecule has 0 spiro atoms. The number of thiophene rings is 1. The van der Waals surface area contributed by atoms with Crippen LogP contribution < -0.4 is 10.6 Å². The van der Waals surface area contributed by atoms with E-state index in [0.29, 0.717) is 18.9 Å². The number of nitrogens with two attached hydrogens (primary N) is 1. The molecule has 1 aliphatic heterocycles. The fraction of sp³-hybridized carbons (Fsp3) is 0.455. The Balaban J connectivity index is 2.15. The molecule has 0 bridgehead atoms. The Labute approximate surface area is 114 Å². The molecule has 0 unspecified atom stereocenters. The van der Waals surface area contributed by atoms with Crippen molar-refractivity contribution in [3.63, 3.8) is 0 Å². The van der Waals surface area contributed by atoms with Gasteiger partial charge in [-0.2, -0.15) is 4.98 Å². The summed E-state index contributed by atoms with van der Waals surface area (Å²) in [7, 11) is 0. The lowest BCUT2D eigenvalue weighted by molar-refractivity contribution is 0.0987. The smallest absolute Gasteiger partial charge is 0.225 e. The molecule has 0 aliphatic carbocycles. The summed E-state index contributed by atoms with van der Waals surface area (Å²) in [5, 5.41) is 2.12. The van der Waals surface area contributed by atoms with Gasteiger partial charge in [-0.3, -0.25) is 0 Å². The van der Waals surface area contributed by atoms with Crippen molar-refractivity contribution in [3.8, 4) is 0 Å². The van der Waals surface area contributed by atoms with Crippen LogP contribution in [0.1, 0.15) is 6.92 Å². The van der Waals surface area contributed by atoms with Crippen LogP contribution in [-0.2, 0) is 4.74 Å². The first kappa shape index (κ1) is 12.0. The normalized spacial score (nSPS) is 20.6. The molecule has 1 aliphatic rings. The highest BCUT2D eigenvalue weighted by molar-refractivity contribution is 7.18. The zero-order valence-electron chi connectivity index (χ0n) is 9.89. The molecule has 0 saturated carbocycles. The van der Waals surface area contributed by atoms with Crippen LogP contribution in [0, 0.1) is 0 Å². The van der Waals surface area contributed by atoms with Gasteiger partial charge in [-0.15, -0.1) is 11.3 Å². The van der Waals surface area contributed by atoms with E-state index in [2.05, 4.69) is 21.8 Å². The maximum Gasteiger partial charge on any atom is 0.225 e. The Morgan fingerprint density at radius 2 is 2.39 bits per heavy atom. The van der Waals surface area contributed by atoms with E-state index in [1.54, 1.807) is 11.3 Å². The second-order valence-corrected chi connectivity index (χ2v) is 5.52. The highest BCUT2D eigenvalue weighted by atomic mass is 35.5. The molecule has 0 amide bonds. The van der Waals surface area contributed by atoms with E-state index in [0.717, 1.165) is 22.6 Å². The van der Waals surface area contributed by atoms with E-state index in [-0.39, 0.29) is 11.3 Å². The van der Waals surface area contributed by atoms with E-state index >= 15 is 0 Å². The molecule has 2 aromatic rings. The fourth-order valence-electron chi connectivity index (χ4n) is 2.13. The number of nitrogen functional groups attached to an aromatic ring is 1. The summed E-state index contributed by atoms with van der Waals surface area (Å²) in [6, 6.07) is 0.274. The average molecular weight is 285 g/mol. The van der Waals surface area contributed by atoms with Gasteiger partial charge < -0.3 is 15.4 Å². The Hall–Kier alpha value is -1.11. The van der Waals surface area contributed by atoms with Gasteiger partial charge in [0.05, 0.1) is 29.6 Å². The van der Waals surface area contributed by atoms with Crippen LogP contribution in [0.2, 0.25) is 5.28 Å². The van der Waals surface area contributed by atoms with Crippen molar-refractivity contribution in [1.29, 1.82) is 0 Å². The third-order valence-electron chi connectivity index (χ3n) is 3.04. The Kier molecular flexibility index (Phi) is 3.01. The van der Waals surface area contributed by atoms with Crippen LogP contribution in [-0.4, -0.2) is 35.8 Å². The first-order valence-corrected chi connectivity index (χ1v) is 6.97. The molecule has 7 heteroatoms. The number of hydrogen-bond acceptors (Lipinski definition) is 6. The quantitative estimate of drug-likeness (QED) is 0.813. The zero-order chi connectivity index (χ0) is 12.7. The zero-order valence-corrected chi connectivity index (χ0v) is 11.5. The van der Waals surface area contributed by atoms with E-state index in [1.165, 1.54) is 0 Å². The van der Waals surface area contributed by atoms with Gasteiger partial charge in [0.1, 0.15) is 5.52 Å². The van der Waals surface area contributed by atoms with E-state index < -0.39 is 0 Å². The highest BCUT2D eigenvalue weighted by Crippen LogP contribution is 2.35. The van der Waals surface area contributed by atoms with Crippen LogP contribution >= 0.6 is 22.9 Å². The molecular weight excluding hydrogens is 272 g/mol. The third-order valence-corrected chi connectivity index (χ3v) is 4.19. The van der Waals surface area contributed by atoms with Gasteiger partial charge in [0.25, 0.3) is 0 Å². The minimum absolute atomic E-state index is 0.237. The van der Waals surface area contributed by atoms with E-state index in [4.69, 9.17) is 22.1 Å². The van der Waals surface area contributed by atoms with Gasteiger partial charge in [0.2, 0.25) is 5.28 Å². The molecule has 1 atom stereocenters. The summed E-state index contributed by atoms with van der Waals surface area (Å²) in [5.41, 5.74) is 7.29. The predicted octanol–water partition coefficient (Wildman–Crippen LogP) is 2.15. The number of rotatable bonds is 1. The number of aromatic nitrogens is 2. The molecule has 1 fully saturated rings. The lowest BCUT2D eigenvalue weighted by atomic mass is 10.2. The van der Waals surface area contributed by atoms with Crippen molar-refractivity contribution in [3.05, 3.63) is 10.7 Å². The van der Waals surface area contributed by atoms with Crippen LogP contribution in [0.5, 0.6) is 0 Å². The number of halogens is 1. The van der Waals surface area contributed by atoms with Crippen molar-refractivity contribution < 1.29 is 4.74 Å². The van der Waals surface area contributed by atoms with Crippen LogP contribution in [0.15, 0.2) is 5.38 Å². The van der Waals surface area contributed by atoms with E-state index in [9.17, 15) is 0 Å². The standard InChI is InChI=1S/C11H13ClN4OS/c1-6-4-17-3-2-16(6)10-9-8(7(13)5-18-9)14-11(12)15-10/h5-6H,2-4,13H2,1H3/t6-/m1/s1. The van der Waals surface area contributed by atoms with Crippen molar-refractivity contribution in [1.82, 2.24) is 9.97 Å². The third kappa shape index (κ3) is 1.90. The molecule has 3 rings (SSSR count). The molecule has 2 aromatic heterocycles. The second kappa shape index (κ2) is 4.53. The van der Waals surface area contributed by atoms with Crippen molar-refractivity contribution in [2.45, 2.75) is 13.0 Å². The summed E-state index contributed by atoms with van der Waals surface area (Å²) < 4.78 is 6.43. The van der Waals surface area contributed by atoms with Gasteiger partial charge in [0.15, 0.2) is 5.82 Å². The number of anilines is 2. The lowest BCUT2D eigenvalue weighted by Gasteiger charge is -2.34. The molecule has 5 nitrogen and oxygen atoms in total. The minimum Gasteiger partial charge on any atom is -0.396 e. The van der Waals surface area contributed by atoms with Gasteiger partial charge in [-0.1, -0.05) is 0 Å². The average Bonchev–Trinajstić information content (AvgIpc) is 2.71. The maximum absolute atomic E-state index is 5.99. The molecule has 18 heavy (non-hydrogen) atoms. The summed E-state index contributed by atoms with van der Waals surface area (Å²) in [6.45, 7) is 4.32. The maximum atomic E-state index is 5.99. The Bertz CT molecular complexity index is 588. The molecule has 0 radical (unpaired) electrons. The SMILES string of the molecule is C[C@@H]1COCCN1c1nc(Cl)nc2c(N)csc12. The minimum atomic E-state index is 0.237. The highest BCUT2D eigenvalue weighted by Gasteiger charge is 2.24. The lowest BCUT2D eigenvalue weighted by Crippen LogP contribution is -2.44. The number of fused-ring (bicyclic) bond motifs is 1. The molecule has 96 valence electrons. The van der Waals surface area contributed by atoms with Crippen LogP contribution in [0.25, 0.3) is 10.2 Å². The number of hydrogen-bond donors (Lipinski definition) is 1. The topological polar surface area (TPSA) is 64.3 Å². The largest absolute Gasteiger partial charge is 0.396 e. The van der Waals surface area contributed by atoms with Crippen LogP contribution in [0.4, 0.5) is 11.5 Å². The summed E-state index contributed by atoms with van der Waals surface area (Å²) in [5.74, 6) is 0.863. The van der Waals surface area contributed by atoms with Crippen LogP contribution in [0.3, 0.4) is 0 Å². The predicted molar refractivity (Wildman–Crippen MR) is 74.5 cm³/mol. The van der Waals surface area contributed by atoms with Crippen molar-refractivity contribution in [2.24, 2.45) is 0 Å². The van der Waals surface area contributed by atoms with Gasteiger partial charge >= 0.3 is 0 Å². The summed E-state index contributed by atoms with van der Waals surface area (Å²) >= 11 is 7.54. The number of nitrogens with zero attached hydrogens (tertiary/aromatic N) is 3. The monoisotopic (exact) mass is 284 g/mol. The Morgan fingerprint density at radius 1 is 1.56 bits per heavy atom. The van der Waals surface area contributed by atoms with Gasteiger partial charge in [0, 0.05) is 11.9 Å². The van der Waals surface area contributed by atoms with Crippen molar-refractivity contribution in [2.75, 3.05) is 30.4 Å². The molecular formula is C11H13ClN4OS. The second-order valence-electron chi connectivity index (χ2n) is 4.30. The number of ether oxygens (including phenoxy) is 1. The first-order chi connectivity index (χ1) is 8.66.